The number of methoxy groups -OCH3 is 1. The minimum absolute atomic E-state index is 0.0476. The van der Waals surface area contributed by atoms with Crippen molar-refractivity contribution in [1.82, 2.24) is 19.4 Å². The lowest BCUT2D eigenvalue weighted by atomic mass is 10.1. The second-order valence-corrected chi connectivity index (χ2v) is 7.91. The van der Waals surface area contributed by atoms with Gasteiger partial charge in [-0.05, 0) is 42.0 Å². The molecule has 0 spiro atoms. The van der Waals surface area contributed by atoms with Gasteiger partial charge >= 0.3 is 0 Å². The number of carbonyl (C=O) groups excluding carboxylic acids is 1. The van der Waals surface area contributed by atoms with Gasteiger partial charge in [0, 0.05) is 53.5 Å². The number of benzene rings is 2. The Bertz CT molecular complexity index is 1370. The first kappa shape index (κ1) is 19.9. The number of nitrogens with one attached hydrogen (secondary N) is 1. The van der Waals surface area contributed by atoms with Crippen LogP contribution in [0, 0.1) is 0 Å². The van der Waals surface area contributed by atoms with E-state index in [-0.39, 0.29) is 12.5 Å². The van der Waals surface area contributed by atoms with Crippen molar-refractivity contribution in [3.63, 3.8) is 0 Å². The van der Waals surface area contributed by atoms with Gasteiger partial charge in [0.25, 0.3) is 0 Å². The van der Waals surface area contributed by atoms with E-state index in [1.165, 1.54) is 0 Å². The summed E-state index contributed by atoms with van der Waals surface area (Å²) in [5.41, 5.74) is 4.90. The van der Waals surface area contributed by atoms with Gasteiger partial charge in [0.2, 0.25) is 5.91 Å². The minimum Gasteiger partial charge on any atom is -0.497 e. The summed E-state index contributed by atoms with van der Waals surface area (Å²) < 4.78 is 7.47. The maximum absolute atomic E-state index is 13.0. The SMILES string of the molecule is COc1ccc2c(c1)c(-c1cc3cccnc3[nH]1)cn2CC(=O)N(C)Cc1ccccc1. The van der Waals surface area contributed by atoms with Crippen LogP contribution in [0.5, 0.6) is 5.75 Å². The van der Waals surface area contributed by atoms with Gasteiger partial charge in [-0.15, -0.1) is 0 Å². The van der Waals surface area contributed by atoms with Crippen molar-refractivity contribution in [3.05, 3.63) is 84.7 Å². The normalized spacial score (nSPS) is 11.2. The number of H-pyrrole nitrogens is 1. The summed E-state index contributed by atoms with van der Waals surface area (Å²) in [6, 6.07) is 22.0. The molecule has 1 amide bonds. The molecule has 0 aliphatic carbocycles. The Labute approximate surface area is 186 Å². The van der Waals surface area contributed by atoms with E-state index in [1.54, 1.807) is 18.2 Å². The molecule has 32 heavy (non-hydrogen) atoms. The average molecular weight is 425 g/mol. The molecule has 3 heterocycles. The van der Waals surface area contributed by atoms with Crippen LogP contribution in [0.1, 0.15) is 5.56 Å². The molecule has 0 fully saturated rings. The van der Waals surface area contributed by atoms with E-state index in [2.05, 4.69) is 16.0 Å². The predicted octanol–water partition coefficient (Wildman–Crippen LogP) is 4.85. The molecule has 0 radical (unpaired) electrons. The van der Waals surface area contributed by atoms with Gasteiger partial charge in [0.05, 0.1) is 7.11 Å². The molecule has 5 rings (SSSR count). The zero-order chi connectivity index (χ0) is 22.1. The number of aromatic nitrogens is 3. The van der Waals surface area contributed by atoms with E-state index >= 15 is 0 Å². The van der Waals surface area contributed by atoms with Crippen molar-refractivity contribution >= 4 is 27.8 Å². The second-order valence-electron chi connectivity index (χ2n) is 7.91. The summed E-state index contributed by atoms with van der Waals surface area (Å²) in [5, 5.41) is 2.07. The molecule has 0 saturated carbocycles. The van der Waals surface area contributed by atoms with Crippen molar-refractivity contribution in [2.75, 3.05) is 14.2 Å². The number of nitrogens with zero attached hydrogens (tertiary/aromatic N) is 3. The van der Waals surface area contributed by atoms with E-state index in [0.717, 1.165) is 44.5 Å². The van der Waals surface area contributed by atoms with Crippen molar-refractivity contribution < 1.29 is 9.53 Å². The van der Waals surface area contributed by atoms with Crippen LogP contribution in [-0.2, 0) is 17.9 Å². The fourth-order valence-electron chi connectivity index (χ4n) is 4.06. The van der Waals surface area contributed by atoms with E-state index in [1.807, 2.05) is 78.5 Å². The van der Waals surface area contributed by atoms with Crippen molar-refractivity contribution in [2.24, 2.45) is 0 Å². The van der Waals surface area contributed by atoms with E-state index in [4.69, 9.17) is 4.74 Å². The number of hydrogen-bond acceptors (Lipinski definition) is 3. The fourth-order valence-corrected chi connectivity index (χ4v) is 4.06. The average Bonchev–Trinajstić information content (AvgIpc) is 3.40. The van der Waals surface area contributed by atoms with Crippen LogP contribution >= 0.6 is 0 Å². The molecule has 0 aliphatic rings. The molecule has 0 unspecified atom stereocenters. The molecule has 6 heteroatoms. The Kier molecular flexibility index (Phi) is 5.11. The molecular weight excluding hydrogens is 400 g/mol. The quantitative estimate of drug-likeness (QED) is 0.424. The van der Waals surface area contributed by atoms with Gasteiger partial charge < -0.3 is 19.2 Å². The van der Waals surface area contributed by atoms with E-state index < -0.39 is 0 Å². The van der Waals surface area contributed by atoms with E-state index in [0.29, 0.717) is 6.54 Å². The standard InChI is InChI=1S/C26H24N4O2/c1-29(15-18-7-4-3-5-8-18)25(31)17-30-16-22(21-14-20(32-2)10-11-24(21)30)23-13-19-9-6-12-27-26(19)28-23/h3-14,16H,15,17H2,1-2H3,(H,27,28). The maximum Gasteiger partial charge on any atom is 0.242 e. The van der Waals surface area contributed by atoms with Gasteiger partial charge in [-0.3, -0.25) is 4.79 Å². The van der Waals surface area contributed by atoms with Crippen LogP contribution in [-0.4, -0.2) is 39.5 Å². The number of hydrogen-bond donors (Lipinski definition) is 1. The van der Waals surface area contributed by atoms with Crippen LogP contribution < -0.4 is 4.74 Å². The van der Waals surface area contributed by atoms with Crippen LogP contribution in [0.4, 0.5) is 0 Å². The number of fused-ring (bicyclic) bond motifs is 2. The first-order valence-corrected chi connectivity index (χ1v) is 10.5. The molecule has 2 aromatic carbocycles. The topological polar surface area (TPSA) is 63.1 Å². The summed E-state index contributed by atoms with van der Waals surface area (Å²) in [6.45, 7) is 0.831. The number of rotatable bonds is 6. The van der Waals surface area contributed by atoms with Crippen molar-refractivity contribution in [2.45, 2.75) is 13.1 Å². The highest BCUT2D eigenvalue weighted by Crippen LogP contribution is 2.34. The molecule has 1 N–H and O–H groups in total. The van der Waals surface area contributed by atoms with Gasteiger partial charge in [-0.1, -0.05) is 30.3 Å². The zero-order valence-electron chi connectivity index (χ0n) is 18.1. The molecule has 3 aromatic heterocycles. The largest absolute Gasteiger partial charge is 0.497 e. The molecule has 0 bridgehead atoms. The first-order chi connectivity index (χ1) is 15.6. The fraction of sp³-hybridized carbons (Fsp3) is 0.154. The third-order valence-electron chi connectivity index (χ3n) is 5.76. The molecule has 0 saturated heterocycles. The lowest BCUT2D eigenvalue weighted by molar-refractivity contribution is -0.131. The highest BCUT2D eigenvalue weighted by molar-refractivity contribution is 5.99. The number of amides is 1. The van der Waals surface area contributed by atoms with Crippen LogP contribution in [0.15, 0.2) is 79.1 Å². The van der Waals surface area contributed by atoms with Crippen LogP contribution in [0.2, 0.25) is 0 Å². The maximum atomic E-state index is 13.0. The molecular formula is C26H24N4O2. The van der Waals surface area contributed by atoms with Crippen LogP contribution in [0.25, 0.3) is 33.2 Å². The summed E-state index contributed by atoms with van der Waals surface area (Å²) in [5.74, 6) is 0.824. The number of ether oxygens (including phenoxy) is 1. The van der Waals surface area contributed by atoms with Gasteiger partial charge in [-0.2, -0.15) is 0 Å². The Morgan fingerprint density at radius 1 is 1.09 bits per heavy atom. The Balaban J connectivity index is 1.51. The minimum atomic E-state index is 0.0476. The molecule has 6 nitrogen and oxygen atoms in total. The Hall–Kier alpha value is -4.06. The number of aromatic amines is 1. The Morgan fingerprint density at radius 3 is 2.72 bits per heavy atom. The number of pyridine rings is 1. The van der Waals surface area contributed by atoms with Gasteiger partial charge in [0.15, 0.2) is 0 Å². The van der Waals surface area contributed by atoms with Gasteiger partial charge in [0.1, 0.15) is 17.9 Å². The van der Waals surface area contributed by atoms with Gasteiger partial charge in [-0.25, -0.2) is 4.98 Å². The first-order valence-electron chi connectivity index (χ1n) is 10.5. The lowest BCUT2D eigenvalue weighted by Gasteiger charge is -2.18. The molecule has 0 atom stereocenters. The molecule has 5 aromatic rings. The van der Waals surface area contributed by atoms with E-state index in [9.17, 15) is 4.79 Å². The van der Waals surface area contributed by atoms with Crippen molar-refractivity contribution in [1.29, 1.82) is 0 Å². The highest BCUT2D eigenvalue weighted by atomic mass is 16.5. The Morgan fingerprint density at radius 2 is 1.94 bits per heavy atom. The van der Waals surface area contributed by atoms with Crippen molar-refractivity contribution in [3.8, 4) is 17.0 Å². The number of likely N-dealkylation sites (N-methyl/N-ethyl adjacent to an activating group) is 1. The lowest BCUT2D eigenvalue weighted by Crippen LogP contribution is -2.29. The summed E-state index contributed by atoms with van der Waals surface area (Å²) in [7, 11) is 3.50. The summed E-state index contributed by atoms with van der Waals surface area (Å²) >= 11 is 0. The zero-order valence-corrected chi connectivity index (χ0v) is 18.1. The summed E-state index contributed by atoms with van der Waals surface area (Å²) in [4.78, 5) is 22.6. The van der Waals surface area contributed by atoms with Crippen LogP contribution in [0.3, 0.4) is 0 Å². The third-order valence-corrected chi connectivity index (χ3v) is 5.76. The summed E-state index contributed by atoms with van der Waals surface area (Å²) in [6.07, 6.45) is 3.80. The monoisotopic (exact) mass is 424 g/mol. The smallest absolute Gasteiger partial charge is 0.242 e. The number of carbonyl (C=O) groups is 1. The molecule has 0 aliphatic heterocycles. The highest BCUT2D eigenvalue weighted by Gasteiger charge is 2.17. The second kappa shape index (κ2) is 8.23. The third kappa shape index (κ3) is 3.71. The molecule has 160 valence electrons. The predicted molar refractivity (Wildman–Crippen MR) is 126 cm³/mol.